The van der Waals surface area contributed by atoms with Crippen LogP contribution in [0.15, 0.2) is 47.2 Å². The molecule has 2 amide bonds. The van der Waals surface area contributed by atoms with Crippen LogP contribution in [0.25, 0.3) is 9.88 Å². The van der Waals surface area contributed by atoms with Crippen LogP contribution in [0.5, 0.6) is 0 Å². The number of aromatic nitrogens is 1. The van der Waals surface area contributed by atoms with Gasteiger partial charge >= 0.3 is 0 Å². The normalized spacial score (nSPS) is 14.6. The highest BCUT2D eigenvalue weighted by atomic mass is 32.1. The molecule has 6 nitrogen and oxygen atoms in total. The molecule has 0 bridgehead atoms. The summed E-state index contributed by atoms with van der Waals surface area (Å²) in [7, 11) is 1.68. The monoisotopic (exact) mass is 426 g/mol. The number of amides is 2. The van der Waals surface area contributed by atoms with E-state index in [4.69, 9.17) is 0 Å². The number of nitrogens with zero attached hydrogens (tertiary/aromatic N) is 2. The van der Waals surface area contributed by atoms with Crippen LogP contribution in [0.4, 0.5) is 11.4 Å². The Hall–Kier alpha value is -2.71. The lowest BCUT2D eigenvalue weighted by molar-refractivity contribution is -0.125. The molecule has 3 heterocycles. The van der Waals surface area contributed by atoms with Crippen molar-refractivity contribution < 1.29 is 9.59 Å². The number of thiophene rings is 1. The van der Waals surface area contributed by atoms with Gasteiger partial charge in [-0.1, -0.05) is 18.2 Å². The number of carbonyl (C=O) groups is 2. The van der Waals surface area contributed by atoms with E-state index in [9.17, 15) is 9.59 Å². The summed E-state index contributed by atoms with van der Waals surface area (Å²) in [4.78, 5) is 32.4. The first-order valence-corrected chi connectivity index (χ1v) is 11.3. The van der Waals surface area contributed by atoms with E-state index >= 15 is 0 Å². The topological polar surface area (TPSA) is 74.3 Å². The van der Waals surface area contributed by atoms with E-state index in [1.165, 1.54) is 11.3 Å². The fraction of sp³-hybridized carbons (Fsp3) is 0.286. The van der Waals surface area contributed by atoms with Crippen LogP contribution in [0.3, 0.4) is 0 Å². The molecule has 1 aromatic carbocycles. The van der Waals surface area contributed by atoms with Crippen LogP contribution in [-0.2, 0) is 4.79 Å². The molecule has 3 aromatic rings. The van der Waals surface area contributed by atoms with Crippen molar-refractivity contribution in [2.24, 2.45) is 5.92 Å². The molecular formula is C21H22N4O2S2. The number of hydrogen-bond donors (Lipinski definition) is 2. The quantitative estimate of drug-likeness (QED) is 0.645. The molecule has 0 radical (unpaired) electrons. The minimum atomic E-state index is -0.211. The lowest BCUT2D eigenvalue weighted by atomic mass is 9.95. The van der Waals surface area contributed by atoms with E-state index in [1.54, 1.807) is 23.8 Å². The number of piperidine rings is 1. The molecule has 2 N–H and O–H groups in total. The SMILES string of the molecule is CNC(=O)C1CCN(c2ccccc2NC(=O)c2csc(-c3cccs3)n2)CC1. The smallest absolute Gasteiger partial charge is 0.275 e. The molecule has 1 saturated heterocycles. The Kier molecular flexibility index (Phi) is 5.92. The third-order valence-corrected chi connectivity index (χ3v) is 6.96. The third kappa shape index (κ3) is 4.33. The zero-order valence-electron chi connectivity index (χ0n) is 16.1. The third-order valence-electron chi connectivity index (χ3n) is 5.07. The molecule has 0 unspecified atom stereocenters. The van der Waals surface area contributed by atoms with Crippen LogP contribution < -0.4 is 15.5 Å². The first-order chi connectivity index (χ1) is 14.2. The number of nitrogens with one attached hydrogen (secondary N) is 2. The standard InChI is InChI=1S/C21H22N4O2S2/c1-22-19(26)14-8-10-25(11-9-14)17-6-3-2-5-15(17)23-20(27)16-13-29-21(24-16)18-7-4-12-28-18/h2-7,12-14H,8-11H2,1H3,(H,22,26)(H,23,27). The molecule has 0 aliphatic carbocycles. The van der Waals surface area contributed by atoms with Crippen LogP contribution in [0.2, 0.25) is 0 Å². The summed E-state index contributed by atoms with van der Waals surface area (Å²) in [6.07, 6.45) is 1.61. The lowest BCUT2D eigenvalue weighted by Crippen LogP contribution is -2.39. The zero-order chi connectivity index (χ0) is 20.2. The van der Waals surface area contributed by atoms with E-state index in [0.29, 0.717) is 5.69 Å². The molecule has 0 saturated carbocycles. The van der Waals surface area contributed by atoms with Gasteiger partial charge in [-0.05, 0) is 36.4 Å². The highest BCUT2D eigenvalue weighted by Gasteiger charge is 2.25. The summed E-state index contributed by atoms with van der Waals surface area (Å²) in [6.45, 7) is 1.56. The first kappa shape index (κ1) is 19.6. The van der Waals surface area contributed by atoms with Gasteiger partial charge in [0.25, 0.3) is 5.91 Å². The fourth-order valence-corrected chi connectivity index (χ4v) is 5.13. The first-order valence-electron chi connectivity index (χ1n) is 9.52. The predicted molar refractivity (Wildman–Crippen MR) is 119 cm³/mol. The molecule has 4 rings (SSSR count). The molecule has 2 aromatic heterocycles. The summed E-state index contributed by atoms with van der Waals surface area (Å²) >= 11 is 3.08. The van der Waals surface area contributed by atoms with Crippen molar-refractivity contribution in [3.8, 4) is 9.88 Å². The Morgan fingerprint density at radius 3 is 2.62 bits per heavy atom. The molecular weight excluding hydrogens is 404 g/mol. The van der Waals surface area contributed by atoms with E-state index in [-0.39, 0.29) is 17.7 Å². The molecule has 1 aliphatic heterocycles. The van der Waals surface area contributed by atoms with Crippen molar-refractivity contribution in [1.29, 1.82) is 0 Å². The molecule has 0 spiro atoms. The van der Waals surface area contributed by atoms with Gasteiger partial charge in [0.15, 0.2) is 0 Å². The van der Waals surface area contributed by atoms with E-state index < -0.39 is 0 Å². The van der Waals surface area contributed by atoms with Gasteiger partial charge in [0.2, 0.25) is 5.91 Å². The molecule has 1 fully saturated rings. The average molecular weight is 427 g/mol. The largest absolute Gasteiger partial charge is 0.370 e. The van der Waals surface area contributed by atoms with Gasteiger partial charge in [-0.15, -0.1) is 22.7 Å². The molecule has 8 heteroatoms. The second-order valence-corrected chi connectivity index (χ2v) is 8.67. The lowest BCUT2D eigenvalue weighted by Gasteiger charge is -2.34. The number of hydrogen-bond acceptors (Lipinski definition) is 6. The van der Waals surface area contributed by atoms with Crippen LogP contribution >= 0.6 is 22.7 Å². The summed E-state index contributed by atoms with van der Waals surface area (Å²) in [5, 5.41) is 10.4. The van der Waals surface area contributed by atoms with E-state index in [1.807, 2.05) is 41.8 Å². The summed E-state index contributed by atoms with van der Waals surface area (Å²) < 4.78 is 0. The highest BCUT2D eigenvalue weighted by molar-refractivity contribution is 7.20. The van der Waals surface area contributed by atoms with Crippen LogP contribution in [0.1, 0.15) is 23.3 Å². The van der Waals surface area contributed by atoms with Crippen molar-refractivity contribution in [3.63, 3.8) is 0 Å². The number of rotatable bonds is 5. The Bertz CT molecular complexity index is 992. The minimum absolute atomic E-state index is 0.0590. The molecule has 0 atom stereocenters. The summed E-state index contributed by atoms with van der Waals surface area (Å²) in [6, 6.07) is 11.8. The predicted octanol–water partition coefficient (Wildman–Crippen LogP) is 4.09. The van der Waals surface area contributed by atoms with E-state index in [2.05, 4.69) is 20.5 Å². The van der Waals surface area contributed by atoms with E-state index in [0.717, 1.165) is 47.2 Å². The zero-order valence-corrected chi connectivity index (χ0v) is 17.7. The Morgan fingerprint density at radius 2 is 1.90 bits per heavy atom. The number of benzene rings is 1. The Balaban J connectivity index is 1.46. The number of carbonyl (C=O) groups excluding carboxylic acids is 2. The summed E-state index contributed by atoms with van der Waals surface area (Å²) in [5.41, 5.74) is 2.16. The van der Waals surface area contributed by atoms with Gasteiger partial charge in [-0.2, -0.15) is 0 Å². The fourth-order valence-electron chi connectivity index (χ4n) is 3.52. The average Bonchev–Trinajstić information content (AvgIpc) is 3.45. The number of para-hydroxylation sites is 2. The molecule has 150 valence electrons. The number of thiazole rings is 1. The molecule has 29 heavy (non-hydrogen) atoms. The van der Waals surface area contributed by atoms with Crippen LogP contribution in [-0.4, -0.2) is 36.9 Å². The highest BCUT2D eigenvalue weighted by Crippen LogP contribution is 2.31. The Morgan fingerprint density at radius 1 is 1.10 bits per heavy atom. The van der Waals surface area contributed by atoms with Crippen molar-refractivity contribution in [2.75, 3.05) is 30.4 Å². The van der Waals surface area contributed by atoms with Crippen molar-refractivity contribution in [1.82, 2.24) is 10.3 Å². The van der Waals surface area contributed by atoms with Gasteiger partial charge in [0, 0.05) is 31.4 Å². The van der Waals surface area contributed by atoms with Gasteiger partial charge in [0.05, 0.1) is 16.3 Å². The van der Waals surface area contributed by atoms with Crippen LogP contribution in [0, 0.1) is 5.92 Å². The summed E-state index contributed by atoms with van der Waals surface area (Å²) in [5.74, 6) is -0.0447. The van der Waals surface area contributed by atoms with Crippen molar-refractivity contribution in [2.45, 2.75) is 12.8 Å². The van der Waals surface area contributed by atoms with Crippen molar-refractivity contribution in [3.05, 3.63) is 52.9 Å². The maximum atomic E-state index is 12.8. The second kappa shape index (κ2) is 8.75. The van der Waals surface area contributed by atoms with Crippen molar-refractivity contribution >= 4 is 45.9 Å². The van der Waals surface area contributed by atoms with Gasteiger partial charge in [-0.3, -0.25) is 9.59 Å². The molecule has 1 aliphatic rings. The minimum Gasteiger partial charge on any atom is -0.370 e. The van der Waals surface area contributed by atoms with Gasteiger partial charge < -0.3 is 15.5 Å². The number of anilines is 2. The second-order valence-electron chi connectivity index (χ2n) is 6.86. The maximum absolute atomic E-state index is 12.8. The van der Waals surface area contributed by atoms with Gasteiger partial charge in [0.1, 0.15) is 10.7 Å². The Labute approximate surface area is 177 Å². The maximum Gasteiger partial charge on any atom is 0.275 e. The van der Waals surface area contributed by atoms with Gasteiger partial charge in [-0.25, -0.2) is 4.98 Å².